The molecular formula is C15H25NO3. The molecule has 1 aromatic carbocycles. The van der Waals surface area contributed by atoms with Gasteiger partial charge >= 0.3 is 0 Å². The van der Waals surface area contributed by atoms with E-state index in [1.807, 2.05) is 18.2 Å². The third-order valence-corrected chi connectivity index (χ3v) is 2.81. The van der Waals surface area contributed by atoms with Crippen molar-refractivity contribution in [3.8, 4) is 11.5 Å². The van der Waals surface area contributed by atoms with E-state index in [1.54, 1.807) is 7.11 Å². The summed E-state index contributed by atoms with van der Waals surface area (Å²) in [7, 11) is 1.66. The van der Waals surface area contributed by atoms with Crippen molar-refractivity contribution >= 4 is 0 Å². The highest BCUT2D eigenvalue weighted by Crippen LogP contribution is 2.24. The number of benzene rings is 1. The van der Waals surface area contributed by atoms with E-state index in [9.17, 15) is 0 Å². The van der Waals surface area contributed by atoms with Gasteiger partial charge in [0.05, 0.1) is 13.7 Å². The predicted octanol–water partition coefficient (Wildman–Crippen LogP) is 2.39. The van der Waals surface area contributed by atoms with Crippen molar-refractivity contribution in [3.05, 3.63) is 23.8 Å². The first-order valence-corrected chi connectivity index (χ1v) is 6.89. The van der Waals surface area contributed by atoms with E-state index in [2.05, 4.69) is 6.92 Å². The molecule has 0 aliphatic heterocycles. The number of methoxy groups -OCH3 is 1. The van der Waals surface area contributed by atoms with Crippen molar-refractivity contribution < 1.29 is 14.2 Å². The molecule has 1 aromatic rings. The van der Waals surface area contributed by atoms with E-state index in [4.69, 9.17) is 19.9 Å². The number of rotatable bonds is 10. The van der Waals surface area contributed by atoms with Gasteiger partial charge in [0, 0.05) is 6.61 Å². The summed E-state index contributed by atoms with van der Waals surface area (Å²) in [5.74, 6) is 1.69. The SMILES string of the molecule is CCCCOCCOc1ccc(OC)cc1CCN. The lowest BCUT2D eigenvalue weighted by Crippen LogP contribution is -2.10. The molecule has 0 radical (unpaired) electrons. The Hall–Kier alpha value is -1.26. The minimum absolute atomic E-state index is 0.563. The summed E-state index contributed by atoms with van der Waals surface area (Å²) < 4.78 is 16.4. The number of hydrogen-bond acceptors (Lipinski definition) is 4. The molecule has 0 bridgehead atoms. The molecule has 0 spiro atoms. The van der Waals surface area contributed by atoms with Crippen LogP contribution in [0.25, 0.3) is 0 Å². The topological polar surface area (TPSA) is 53.7 Å². The first-order valence-electron chi connectivity index (χ1n) is 6.89. The molecule has 0 atom stereocenters. The molecule has 4 heteroatoms. The summed E-state index contributed by atoms with van der Waals surface area (Å²) in [5.41, 5.74) is 6.69. The number of ether oxygens (including phenoxy) is 3. The summed E-state index contributed by atoms with van der Waals surface area (Å²) in [5, 5.41) is 0. The highest BCUT2D eigenvalue weighted by molar-refractivity contribution is 5.40. The zero-order valence-electron chi connectivity index (χ0n) is 12.0. The third-order valence-electron chi connectivity index (χ3n) is 2.81. The van der Waals surface area contributed by atoms with Crippen LogP contribution in [0.4, 0.5) is 0 Å². The largest absolute Gasteiger partial charge is 0.497 e. The van der Waals surface area contributed by atoms with Crippen LogP contribution >= 0.6 is 0 Å². The molecule has 0 aromatic heterocycles. The first-order chi connectivity index (χ1) is 9.31. The fourth-order valence-electron chi connectivity index (χ4n) is 1.73. The molecule has 1 rings (SSSR count). The van der Waals surface area contributed by atoms with E-state index in [0.717, 1.165) is 42.9 Å². The Bertz CT molecular complexity index is 355. The lowest BCUT2D eigenvalue weighted by molar-refractivity contribution is 0.0977. The zero-order valence-corrected chi connectivity index (χ0v) is 12.0. The average Bonchev–Trinajstić information content (AvgIpc) is 2.44. The third kappa shape index (κ3) is 5.94. The molecule has 108 valence electrons. The van der Waals surface area contributed by atoms with E-state index in [1.165, 1.54) is 0 Å². The van der Waals surface area contributed by atoms with Crippen molar-refractivity contribution in [2.45, 2.75) is 26.2 Å². The number of hydrogen-bond donors (Lipinski definition) is 1. The fourth-order valence-corrected chi connectivity index (χ4v) is 1.73. The maximum atomic E-state index is 5.73. The molecular weight excluding hydrogens is 242 g/mol. The van der Waals surface area contributed by atoms with Crippen LogP contribution in [-0.2, 0) is 11.2 Å². The highest BCUT2D eigenvalue weighted by atomic mass is 16.5. The van der Waals surface area contributed by atoms with Crippen LogP contribution < -0.4 is 15.2 Å². The number of nitrogens with two attached hydrogens (primary N) is 1. The second kappa shape index (κ2) is 9.64. The van der Waals surface area contributed by atoms with Gasteiger partial charge in [-0.15, -0.1) is 0 Å². The van der Waals surface area contributed by atoms with E-state index in [-0.39, 0.29) is 0 Å². The molecule has 0 aliphatic rings. The van der Waals surface area contributed by atoms with E-state index < -0.39 is 0 Å². The van der Waals surface area contributed by atoms with Crippen LogP contribution in [0, 0.1) is 0 Å². The molecule has 2 N–H and O–H groups in total. The zero-order chi connectivity index (χ0) is 13.9. The van der Waals surface area contributed by atoms with Gasteiger partial charge in [-0.2, -0.15) is 0 Å². The molecule has 0 unspecified atom stereocenters. The van der Waals surface area contributed by atoms with Gasteiger partial charge < -0.3 is 19.9 Å². The Kier molecular flexibility index (Phi) is 8.02. The van der Waals surface area contributed by atoms with Crippen LogP contribution in [0.5, 0.6) is 11.5 Å². The van der Waals surface area contributed by atoms with Crippen LogP contribution in [0.2, 0.25) is 0 Å². The van der Waals surface area contributed by atoms with Gasteiger partial charge in [0.2, 0.25) is 0 Å². The van der Waals surface area contributed by atoms with Gasteiger partial charge in [0.1, 0.15) is 18.1 Å². The predicted molar refractivity (Wildman–Crippen MR) is 77.0 cm³/mol. The lowest BCUT2D eigenvalue weighted by atomic mass is 10.1. The smallest absolute Gasteiger partial charge is 0.122 e. The van der Waals surface area contributed by atoms with Crippen molar-refractivity contribution in [3.63, 3.8) is 0 Å². The minimum atomic E-state index is 0.563. The van der Waals surface area contributed by atoms with Gasteiger partial charge in [0.15, 0.2) is 0 Å². The second-order valence-corrected chi connectivity index (χ2v) is 4.33. The molecule has 0 aliphatic carbocycles. The van der Waals surface area contributed by atoms with E-state index in [0.29, 0.717) is 19.8 Å². The van der Waals surface area contributed by atoms with E-state index >= 15 is 0 Å². The van der Waals surface area contributed by atoms with Crippen molar-refractivity contribution in [2.24, 2.45) is 5.73 Å². The molecule has 0 amide bonds. The van der Waals surface area contributed by atoms with Gasteiger partial charge in [-0.25, -0.2) is 0 Å². The summed E-state index contributed by atoms with van der Waals surface area (Å²) >= 11 is 0. The quantitative estimate of drug-likeness (QED) is 0.661. The molecule has 0 heterocycles. The van der Waals surface area contributed by atoms with Crippen molar-refractivity contribution in [1.82, 2.24) is 0 Å². The normalized spacial score (nSPS) is 10.5. The Morgan fingerprint density at radius 1 is 1.16 bits per heavy atom. The lowest BCUT2D eigenvalue weighted by Gasteiger charge is -2.12. The van der Waals surface area contributed by atoms with Gasteiger partial charge in [-0.3, -0.25) is 0 Å². The van der Waals surface area contributed by atoms with Crippen LogP contribution in [-0.4, -0.2) is 33.5 Å². The van der Waals surface area contributed by atoms with Gasteiger partial charge in [-0.1, -0.05) is 13.3 Å². The molecule has 0 fully saturated rings. The standard InChI is InChI=1S/C15H25NO3/c1-3-4-9-18-10-11-19-15-6-5-14(17-2)12-13(15)7-8-16/h5-6,12H,3-4,7-11,16H2,1-2H3. The Balaban J connectivity index is 2.43. The van der Waals surface area contributed by atoms with Crippen molar-refractivity contribution in [2.75, 3.05) is 33.5 Å². The summed E-state index contributed by atoms with van der Waals surface area (Å²) in [6.07, 6.45) is 3.03. The maximum Gasteiger partial charge on any atom is 0.122 e. The monoisotopic (exact) mass is 267 g/mol. The Morgan fingerprint density at radius 3 is 2.68 bits per heavy atom. The Morgan fingerprint density at radius 2 is 2.00 bits per heavy atom. The minimum Gasteiger partial charge on any atom is -0.497 e. The van der Waals surface area contributed by atoms with Crippen LogP contribution in [0.1, 0.15) is 25.3 Å². The van der Waals surface area contributed by atoms with Crippen molar-refractivity contribution in [1.29, 1.82) is 0 Å². The summed E-state index contributed by atoms with van der Waals surface area (Å²) in [6, 6.07) is 5.79. The number of unbranched alkanes of at least 4 members (excludes halogenated alkanes) is 1. The van der Waals surface area contributed by atoms with Crippen LogP contribution in [0.3, 0.4) is 0 Å². The van der Waals surface area contributed by atoms with Gasteiger partial charge in [0.25, 0.3) is 0 Å². The van der Waals surface area contributed by atoms with Crippen LogP contribution in [0.15, 0.2) is 18.2 Å². The molecule has 19 heavy (non-hydrogen) atoms. The second-order valence-electron chi connectivity index (χ2n) is 4.33. The average molecular weight is 267 g/mol. The maximum absolute atomic E-state index is 5.73. The summed E-state index contributed by atoms with van der Waals surface area (Å²) in [6.45, 7) is 4.73. The highest BCUT2D eigenvalue weighted by Gasteiger charge is 2.05. The molecule has 0 saturated heterocycles. The fraction of sp³-hybridized carbons (Fsp3) is 0.600. The Labute approximate surface area is 115 Å². The molecule has 0 saturated carbocycles. The summed E-state index contributed by atoms with van der Waals surface area (Å²) in [4.78, 5) is 0. The first kappa shape index (κ1) is 15.8. The van der Waals surface area contributed by atoms with Gasteiger partial charge in [-0.05, 0) is 43.1 Å². The molecule has 4 nitrogen and oxygen atoms in total.